The predicted molar refractivity (Wildman–Crippen MR) is 80.4 cm³/mol. The van der Waals surface area contributed by atoms with E-state index in [2.05, 4.69) is 23.1 Å². The molecule has 0 saturated heterocycles. The summed E-state index contributed by atoms with van der Waals surface area (Å²) in [6.45, 7) is 11.0. The van der Waals surface area contributed by atoms with E-state index < -0.39 is 5.69 Å². The van der Waals surface area contributed by atoms with Gasteiger partial charge >= 0.3 is 5.69 Å². The second-order valence-corrected chi connectivity index (χ2v) is 3.60. The molecule has 0 bridgehead atoms. The molecule has 1 heterocycles. The van der Waals surface area contributed by atoms with Gasteiger partial charge in [-0.2, -0.15) is 4.98 Å². The van der Waals surface area contributed by atoms with Gasteiger partial charge in [-0.05, 0) is 19.9 Å². The van der Waals surface area contributed by atoms with E-state index in [-0.39, 0.29) is 0 Å². The van der Waals surface area contributed by atoms with Crippen LogP contribution in [0, 0.1) is 0 Å². The molecule has 1 aromatic heterocycles. The number of hydrogen-bond acceptors (Lipinski definition) is 3. The van der Waals surface area contributed by atoms with Crippen molar-refractivity contribution in [1.29, 1.82) is 0 Å². The lowest BCUT2D eigenvalue weighted by molar-refractivity contribution is 0.865. The minimum absolute atomic E-state index is 0.360. The zero-order valence-electron chi connectivity index (χ0n) is 11.2. The van der Waals surface area contributed by atoms with Crippen LogP contribution in [0.4, 0.5) is 0 Å². The predicted octanol–water partition coefficient (Wildman–Crippen LogP) is 2.92. The highest BCUT2D eigenvalue weighted by molar-refractivity contribution is 5.70. The van der Waals surface area contributed by atoms with Crippen LogP contribution in [0.5, 0.6) is 0 Å². The molecule has 0 aliphatic rings. The Morgan fingerprint density at radius 2 is 1.95 bits per heavy atom. The maximum Gasteiger partial charge on any atom is 0.355 e. The summed E-state index contributed by atoms with van der Waals surface area (Å²) in [7, 11) is 0. The van der Waals surface area contributed by atoms with Gasteiger partial charge < -0.3 is 0 Å². The fourth-order valence-corrected chi connectivity index (χ4v) is 1.50. The molecule has 0 aromatic carbocycles. The summed E-state index contributed by atoms with van der Waals surface area (Å²) in [6, 6.07) is 0. The number of hydrogen-bond donors (Lipinski definition) is 0. The van der Waals surface area contributed by atoms with E-state index in [1.807, 2.05) is 26.0 Å². The van der Waals surface area contributed by atoms with Crippen molar-refractivity contribution in [3.05, 3.63) is 65.7 Å². The lowest BCUT2D eigenvalue weighted by atomic mass is 10.2. The molecule has 0 spiro atoms. The number of allylic oxidation sites excluding steroid dienone is 6. The van der Waals surface area contributed by atoms with E-state index >= 15 is 0 Å². The van der Waals surface area contributed by atoms with Crippen LogP contribution in [0.3, 0.4) is 0 Å². The molecule has 1 rings (SSSR count). The summed E-state index contributed by atoms with van der Waals surface area (Å²) in [5.74, 6) is 0.811. The van der Waals surface area contributed by atoms with Crippen molar-refractivity contribution in [3.63, 3.8) is 0 Å². The van der Waals surface area contributed by atoms with E-state index in [4.69, 9.17) is 0 Å². The summed E-state index contributed by atoms with van der Waals surface area (Å²) in [5.41, 5.74) is 0.336. The highest BCUT2D eigenvalue weighted by atomic mass is 16.1. The van der Waals surface area contributed by atoms with E-state index in [0.29, 0.717) is 11.6 Å². The lowest BCUT2D eigenvalue weighted by Crippen LogP contribution is -2.24. The van der Waals surface area contributed by atoms with Gasteiger partial charge in [0.15, 0.2) is 5.82 Å². The molecule has 4 nitrogen and oxygen atoms in total. The lowest BCUT2D eigenvalue weighted by Gasteiger charge is -2.06. The van der Waals surface area contributed by atoms with E-state index in [1.165, 1.54) is 10.6 Å². The standard InChI is InChI=1S/C15H17N3O/c1-5-9-12(10-6-2)14-16-13(8-4)18(11-7-3)15(19)17-14/h5-11H,1,4H2,2-3H3/b10-6-,11-7-,12-9+. The smallest absolute Gasteiger partial charge is 0.252 e. The molecule has 0 atom stereocenters. The Morgan fingerprint density at radius 1 is 1.21 bits per heavy atom. The summed E-state index contributed by atoms with van der Waals surface area (Å²) >= 11 is 0. The van der Waals surface area contributed by atoms with Gasteiger partial charge in [-0.15, -0.1) is 0 Å². The first kappa shape index (κ1) is 14.6. The minimum atomic E-state index is -0.391. The number of aromatic nitrogens is 3. The number of rotatable bonds is 5. The third-order valence-corrected chi connectivity index (χ3v) is 2.26. The second kappa shape index (κ2) is 7.06. The van der Waals surface area contributed by atoms with Crippen LogP contribution in [0.15, 0.2) is 48.3 Å². The Kier molecular flexibility index (Phi) is 5.41. The van der Waals surface area contributed by atoms with Crippen molar-refractivity contribution >= 4 is 17.8 Å². The van der Waals surface area contributed by atoms with Crippen molar-refractivity contribution in [2.24, 2.45) is 0 Å². The molecule has 0 radical (unpaired) electrons. The SMILES string of the molecule is C=C/C=C(\C=C/C)c1nc(C=C)n(/C=C\C)c(=O)n1. The molecule has 19 heavy (non-hydrogen) atoms. The molecule has 0 saturated carbocycles. The Morgan fingerprint density at radius 3 is 2.47 bits per heavy atom. The molecule has 0 N–H and O–H groups in total. The molecular weight excluding hydrogens is 238 g/mol. The first-order valence-corrected chi connectivity index (χ1v) is 5.89. The molecule has 4 heteroatoms. The first-order valence-electron chi connectivity index (χ1n) is 5.89. The van der Waals surface area contributed by atoms with Gasteiger partial charge in [-0.3, -0.25) is 4.57 Å². The van der Waals surface area contributed by atoms with Crippen molar-refractivity contribution in [1.82, 2.24) is 14.5 Å². The van der Waals surface area contributed by atoms with Gasteiger partial charge in [0.25, 0.3) is 0 Å². The zero-order valence-corrected chi connectivity index (χ0v) is 11.2. The van der Waals surface area contributed by atoms with Crippen LogP contribution in [-0.2, 0) is 0 Å². The van der Waals surface area contributed by atoms with Gasteiger partial charge in [0.1, 0.15) is 5.82 Å². The summed E-state index contributed by atoms with van der Waals surface area (Å²) in [6.07, 6.45) is 11.9. The molecule has 98 valence electrons. The highest BCUT2D eigenvalue weighted by Crippen LogP contribution is 2.11. The third-order valence-electron chi connectivity index (χ3n) is 2.26. The number of nitrogens with zero attached hydrogens (tertiary/aromatic N) is 3. The van der Waals surface area contributed by atoms with Crippen LogP contribution < -0.4 is 5.69 Å². The minimum Gasteiger partial charge on any atom is -0.252 e. The van der Waals surface area contributed by atoms with Crippen LogP contribution in [0.2, 0.25) is 0 Å². The van der Waals surface area contributed by atoms with Crippen LogP contribution >= 0.6 is 0 Å². The van der Waals surface area contributed by atoms with Gasteiger partial charge in [-0.25, -0.2) is 9.78 Å². The molecule has 0 fully saturated rings. The Hall–Kier alpha value is -2.49. The average molecular weight is 255 g/mol. The van der Waals surface area contributed by atoms with Gasteiger partial charge in [0.2, 0.25) is 0 Å². The van der Waals surface area contributed by atoms with E-state index in [0.717, 1.165) is 5.57 Å². The van der Waals surface area contributed by atoms with E-state index in [1.54, 1.807) is 24.4 Å². The maximum atomic E-state index is 12.0. The largest absolute Gasteiger partial charge is 0.355 e. The van der Waals surface area contributed by atoms with E-state index in [9.17, 15) is 4.79 Å². The Bertz CT molecular complexity index is 619. The quantitative estimate of drug-likeness (QED) is 0.760. The fraction of sp³-hybridized carbons (Fsp3) is 0.133. The van der Waals surface area contributed by atoms with Gasteiger partial charge in [0, 0.05) is 11.8 Å². The maximum absolute atomic E-state index is 12.0. The van der Waals surface area contributed by atoms with Gasteiger partial charge in [0.05, 0.1) is 0 Å². The summed E-state index contributed by atoms with van der Waals surface area (Å²) < 4.78 is 1.34. The van der Waals surface area contributed by atoms with Crippen molar-refractivity contribution in [2.75, 3.05) is 0 Å². The molecule has 0 unspecified atom stereocenters. The third kappa shape index (κ3) is 3.48. The van der Waals surface area contributed by atoms with Crippen molar-refractivity contribution < 1.29 is 0 Å². The Balaban J connectivity index is 3.52. The van der Waals surface area contributed by atoms with Crippen LogP contribution in [0.1, 0.15) is 25.5 Å². The monoisotopic (exact) mass is 255 g/mol. The Labute approximate surface area is 112 Å². The van der Waals surface area contributed by atoms with Crippen LogP contribution in [0.25, 0.3) is 17.8 Å². The first-order chi connectivity index (χ1) is 9.17. The second-order valence-electron chi connectivity index (χ2n) is 3.60. The zero-order chi connectivity index (χ0) is 14.3. The molecule has 0 aliphatic heterocycles. The summed E-state index contributed by atoms with van der Waals surface area (Å²) in [5, 5.41) is 0. The molecule has 1 aromatic rings. The highest BCUT2D eigenvalue weighted by Gasteiger charge is 2.07. The topological polar surface area (TPSA) is 47.8 Å². The average Bonchev–Trinajstić information content (AvgIpc) is 2.40. The van der Waals surface area contributed by atoms with Crippen molar-refractivity contribution in [2.45, 2.75) is 13.8 Å². The summed E-state index contributed by atoms with van der Waals surface area (Å²) in [4.78, 5) is 20.2. The van der Waals surface area contributed by atoms with Crippen molar-refractivity contribution in [3.8, 4) is 0 Å². The molecular formula is C15H17N3O. The fourth-order valence-electron chi connectivity index (χ4n) is 1.50. The van der Waals surface area contributed by atoms with Gasteiger partial charge in [-0.1, -0.05) is 43.5 Å². The van der Waals surface area contributed by atoms with Crippen LogP contribution in [-0.4, -0.2) is 14.5 Å². The normalized spacial score (nSPS) is 12.2. The molecule has 0 aliphatic carbocycles. The molecule has 0 amide bonds.